The number of hydrogen-bond donors (Lipinski definition) is 11. The predicted octanol–water partition coefficient (Wildman–Crippen LogP) is -2.97. The number of ether oxygens (including phenoxy) is 3. The number of aliphatic hydroxyl groups is 5. The van der Waals surface area contributed by atoms with Gasteiger partial charge in [-0.1, -0.05) is 12.8 Å². The summed E-state index contributed by atoms with van der Waals surface area (Å²) < 4.78 is 62.8. The van der Waals surface area contributed by atoms with Gasteiger partial charge >= 0.3 is 29.2 Å². The fourth-order valence-electron chi connectivity index (χ4n) is 4.76. The molecular formula is C24H40N3O21P3. The number of carbonyl (C=O) groups excluding carboxylic acids is 1. The standard InChI is InChI=1S/C24H40N3O21P3/c28-11-15-19(31)20(32)21(33)23(46-15)43-8-4-2-1-3-7-25-17(30)6-5-13-10-27(24(35)26-22(13)34)18-9-14(29)16(45-18)12-44-50(39,40)48-51(41,42)47-49(36,37)38/h5-6,10,14-16,18-21,23,28-29,31-33H,1-4,7-9,11-12H2,(H,25,30)(H,39,40)(H,41,42)(H,26,34,35)(H2,36,37,38)/b6-5+/t14-,15+,16+,18+,19-,20-,21+,23+/m0/s1. The first-order chi connectivity index (χ1) is 23.7. The Kier molecular flexibility index (Phi) is 16.0. The lowest BCUT2D eigenvalue weighted by molar-refractivity contribution is -0.301. The zero-order chi connectivity index (χ0) is 38.1. The maximum Gasteiger partial charge on any atom is 0.490 e. The minimum Gasteiger partial charge on any atom is -0.394 e. The van der Waals surface area contributed by atoms with Crippen LogP contribution in [0.2, 0.25) is 0 Å². The Balaban J connectivity index is 1.43. The van der Waals surface area contributed by atoms with Crippen molar-refractivity contribution in [2.75, 3.05) is 26.4 Å². The number of rotatable bonds is 19. The van der Waals surface area contributed by atoms with E-state index in [1.807, 2.05) is 4.98 Å². The van der Waals surface area contributed by atoms with Crippen LogP contribution in [0.25, 0.3) is 6.08 Å². The number of hydrogen-bond acceptors (Lipinski definition) is 17. The van der Waals surface area contributed by atoms with Crippen molar-refractivity contribution in [3.8, 4) is 0 Å². The summed E-state index contributed by atoms with van der Waals surface area (Å²) in [5.74, 6) is -0.572. The number of nitrogens with zero attached hydrogens (tertiary/aromatic N) is 1. The molecule has 1 aromatic rings. The van der Waals surface area contributed by atoms with Crippen molar-refractivity contribution in [2.24, 2.45) is 0 Å². The molecule has 11 N–H and O–H groups in total. The number of nitrogens with one attached hydrogen (secondary N) is 2. The second-order valence-electron chi connectivity index (χ2n) is 11.2. The molecule has 1 amide bonds. The number of carbonyl (C=O) groups is 1. The van der Waals surface area contributed by atoms with Crippen LogP contribution in [0.4, 0.5) is 0 Å². The van der Waals surface area contributed by atoms with Gasteiger partial charge in [-0.15, -0.1) is 0 Å². The summed E-state index contributed by atoms with van der Waals surface area (Å²) >= 11 is 0. The van der Waals surface area contributed by atoms with E-state index in [4.69, 9.17) is 24.0 Å². The average Bonchev–Trinajstić information content (AvgIpc) is 3.38. The molecular weight excluding hydrogens is 759 g/mol. The van der Waals surface area contributed by atoms with Gasteiger partial charge in [-0.2, -0.15) is 8.62 Å². The first-order valence-electron chi connectivity index (χ1n) is 15.1. The highest BCUT2D eigenvalue weighted by Crippen LogP contribution is 2.66. The van der Waals surface area contributed by atoms with Crippen molar-refractivity contribution in [3.63, 3.8) is 0 Å². The summed E-state index contributed by atoms with van der Waals surface area (Å²) in [7, 11) is -16.9. The first-order valence-corrected chi connectivity index (χ1v) is 19.6. The molecule has 0 bridgehead atoms. The van der Waals surface area contributed by atoms with Crippen LogP contribution in [-0.2, 0) is 45.8 Å². The van der Waals surface area contributed by atoms with Crippen molar-refractivity contribution in [1.82, 2.24) is 14.9 Å². The van der Waals surface area contributed by atoms with E-state index < -0.39 is 103 Å². The highest BCUT2D eigenvalue weighted by atomic mass is 31.3. The smallest absolute Gasteiger partial charge is 0.394 e. The van der Waals surface area contributed by atoms with E-state index in [0.29, 0.717) is 25.7 Å². The molecule has 2 fully saturated rings. The molecule has 2 aliphatic rings. The first kappa shape index (κ1) is 43.4. The Bertz CT molecular complexity index is 1610. The van der Waals surface area contributed by atoms with Crippen LogP contribution in [0.3, 0.4) is 0 Å². The van der Waals surface area contributed by atoms with E-state index >= 15 is 0 Å². The summed E-state index contributed by atoms with van der Waals surface area (Å²) in [6.07, 6.45) is -5.70. The molecule has 51 heavy (non-hydrogen) atoms. The van der Waals surface area contributed by atoms with Gasteiger partial charge in [0.25, 0.3) is 5.56 Å². The highest BCUT2D eigenvalue weighted by molar-refractivity contribution is 7.66. The van der Waals surface area contributed by atoms with Gasteiger partial charge in [0.2, 0.25) is 5.91 Å². The maximum absolute atomic E-state index is 12.4. The number of aromatic amines is 1. The quantitative estimate of drug-likeness (QED) is 0.0378. The Morgan fingerprint density at radius 3 is 2.29 bits per heavy atom. The molecule has 2 saturated heterocycles. The summed E-state index contributed by atoms with van der Waals surface area (Å²) in [4.78, 5) is 75.1. The summed E-state index contributed by atoms with van der Waals surface area (Å²) in [5, 5.41) is 51.7. The fourth-order valence-corrected chi connectivity index (χ4v) is 7.79. The third-order valence-electron chi connectivity index (χ3n) is 7.24. The molecule has 0 saturated carbocycles. The molecule has 1 aromatic heterocycles. The van der Waals surface area contributed by atoms with Crippen LogP contribution in [0.5, 0.6) is 0 Å². The minimum absolute atomic E-state index is 0.155. The Hall–Kier alpha value is -2.02. The Labute approximate surface area is 287 Å². The van der Waals surface area contributed by atoms with E-state index in [9.17, 15) is 63.4 Å². The largest absolute Gasteiger partial charge is 0.490 e. The van der Waals surface area contributed by atoms with Crippen LogP contribution in [-0.4, -0.2) is 130 Å². The lowest BCUT2D eigenvalue weighted by Gasteiger charge is -2.39. The van der Waals surface area contributed by atoms with Crippen LogP contribution in [0, 0.1) is 0 Å². The monoisotopic (exact) mass is 799 g/mol. The van der Waals surface area contributed by atoms with Gasteiger partial charge in [0.1, 0.15) is 36.7 Å². The summed E-state index contributed by atoms with van der Waals surface area (Å²) in [6.45, 7) is -1.13. The Morgan fingerprint density at radius 2 is 1.63 bits per heavy atom. The second kappa shape index (κ2) is 18.8. The SMILES string of the molecule is O=C(/C=C/c1cn([C@H]2C[C@H](O)[C@@H](COP(=O)(O)OP(=O)(O)OP(=O)(O)O)O2)c(=O)[nH]c1=O)NCCCCCCO[C@@H]1O[C@H](CO)[C@H](O)[C@H](O)[C@H]1O. The molecule has 3 heterocycles. The van der Waals surface area contributed by atoms with Crippen LogP contribution >= 0.6 is 23.5 Å². The molecule has 0 aliphatic carbocycles. The fraction of sp³-hybridized carbons (Fsp3) is 0.708. The number of unbranched alkanes of at least 4 members (excludes halogenated alkanes) is 3. The third kappa shape index (κ3) is 13.7. The number of phosphoric ester groups is 1. The number of aromatic nitrogens is 2. The van der Waals surface area contributed by atoms with E-state index in [-0.39, 0.29) is 25.1 Å². The summed E-state index contributed by atoms with van der Waals surface area (Å²) in [6, 6.07) is 0. The van der Waals surface area contributed by atoms with Crippen molar-refractivity contribution in [1.29, 1.82) is 0 Å². The molecule has 3 rings (SSSR count). The van der Waals surface area contributed by atoms with Gasteiger partial charge in [-0.05, 0) is 18.9 Å². The van der Waals surface area contributed by atoms with Gasteiger partial charge in [-0.25, -0.2) is 18.5 Å². The molecule has 292 valence electrons. The second-order valence-corrected chi connectivity index (χ2v) is 15.6. The molecule has 0 aromatic carbocycles. The van der Waals surface area contributed by atoms with Crippen LogP contribution in [0.15, 0.2) is 21.9 Å². The minimum atomic E-state index is -5.78. The molecule has 0 radical (unpaired) electrons. The van der Waals surface area contributed by atoms with Gasteiger partial charge < -0.3 is 64.6 Å². The van der Waals surface area contributed by atoms with Crippen molar-refractivity contribution in [2.45, 2.75) is 81.2 Å². The van der Waals surface area contributed by atoms with Crippen molar-refractivity contribution < 1.29 is 91.0 Å². The predicted molar refractivity (Wildman–Crippen MR) is 166 cm³/mol. The van der Waals surface area contributed by atoms with E-state index in [1.54, 1.807) is 0 Å². The summed E-state index contributed by atoms with van der Waals surface area (Å²) in [5.41, 5.74) is -2.01. The van der Waals surface area contributed by atoms with Gasteiger partial charge in [0.05, 0.1) is 24.9 Å². The van der Waals surface area contributed by atoms with Crippen LogP contribution in [0.1, 0.15) is 43.9 Å². The average molecular weight is 800 g/mol. The third-order valence-corrected chi connectivity index (χ3v) is 11.0. The highest BCUT2D eigenvalue weighted by Gasteiger charge is 2.44. The molecule has 2 aliphatic heterocycles. The molecule has 24 nitrogen and oxygen atoms in total. The van der Waals surface area contributed by atoms with E-state index in [2.05, 4.69) is 18.5 Å². The topological polar surface area (TPSA) is 373 Å². The normalized spacial score (nSPS) is 29.5. The van der Waals surface area contributed by atoms with E-state index in [1.165, 1.54) is 0 Å². The van der Waals surface area contributed by atoms with E-state index in [0.717, 1.165) is 22.9 Å². The van der Waals surface area contributed by atoms with Crippen molar-refractivity contribution >= 4 is 35.5 Å². The van der Waals surface area contributed by atoms with Gasteiger partial charge in [0, 0.05) is 31.8 Å². The number of amides is 1. The molecule has 0 spiro atoms. The zero-order valence-corrected chi connectivity index (χ0v) is 29.1. The van der Waals surface area contributed by atoms with Gasteiger partial charge in [-0.3, -0.25) is 23.7 Å². The van der Waals surface area contributed by atoms with Crippen molar-refractivity contribution in [3.05, 3.63) is 38.7 Å². The Morgan fingerprint density at radius 1 is 0.941 bits per heavy atom. The lowest BCUT2D eigenvalue weighted by atomic mass is 9.99. The number of aliphatic hydroxyl groups excluding tert-OH is 5. The number of phosphoric acid groups is 3. The molecule has 27 heteroatoms. The molecule has 2 unspecified atom stereocenters. The lowest BCUT2D eigenvalue weighted by Crippen LogP contribution is -2.59. The van der Waals surface area contributed by atoms with Crippen LogP contribution < -0.4 is 16.6 Å². The number of H-pyrrole nitrogens is 1. The molecule has 10 atom stereocenters. The van der Waals surface area contributed by atoms with Gasteiger partial charge in [0.15, 0.2) is 6.29 Å². The maximum atomic E-state index is 12.4. The zero-order valence-electron chi connectivity index (χ0n) is 26.4.